The topological polar surface area (TPSA) is 68.5 Å². The molecule has 0 aromatic carbocycles. The molecule has 0 aliphatic heterocycles. The lowest BCUT2D eigenvalue weighted by Crippen LogP contribution is -2.34. The highest BCUT2D eigenvalue weighted by Crippen LogP contribution is 2.01. The average molecular weight is 232 g/mol. The Morgan fingerprint density at radius 3 is 2.93 bits per heavy atom. The van der Waals surface area contributed by atoms with Crippen LogP contribution in [0.2, 0.25) is 0 Å². The fraction of sp³-hybridized carbons (Fsp3) is 0.333. The van der Waals surface area contributed by atoms with Crippen molar-refractivity contribution >= 4 is 23.5 Å². The molecule has 1 unspecified atom stereocenters. The fourth-order valence-electron chi connectivity index (χ4n) is 0.889. The molecule has 0 saturated heterocycles. The molecule has 0 bridgehead atoms. The van der Waals surface area contributed by atoms with Crippen molar-refractivity contribution in [3.63, 3.8) is 0 Å². The number of furan rings is 1. The second kappa shape index (κ2) is 5.41. The minimum Gasteiger partial charge on any atom is -0.472 e. The van der Waals surface area contributed by atoms with Crippen molar-refractivity contribution in [3.8, 4) is 0 Å². The first kappa shape index (κ1) is 11.6. The predicted octanol–water partition coefficient (Wildman–Crippen LogP) is 0.790. The van der Waals surface area contributed by atoms with Gasteiger partial charge < -0.3 is 14.5 Å². The van der Waals surface area contributed by atoms with Crippen molar-refractivity contribution < 1.29 is 18.7 Å². The van der Waals surface area contributed by atoms with Gasteiger partial charge >= 0.3 is 5.97 Å². The van der Waals surface area contributed by atoms with Gasteiger partial charge in [-0.2, -0.15) is 0 Å². The van der Waals surface area contributed by atoms with E-state index in [0.29, 0.717) is 5.56 Å². The zero-order valence-corrected chi connectivity index (χ0v) is 8.78. The Kier molecular flexibility index (Phi) is 4.17. The first-order chi connectivity index (χ1) is 7.15. The number of carbonyl (C=O) groups is 2. The molecule has 1 aromatic rings. The zero-order valence-electron chi connectivity index (χ0n) is 8.03. The first-order valence-corrected chi connectivity index (χ1v) is 4.61. The Bertz CT molecular complexity index is 336. The van der Waals surface area contributed by atoms with Crippen molar-refractivity contribution in [2.75, 3.05) is 13.7 Å². The molecule has 0 spiro atoms. The number of esters is 1. The number of alkyl halides is 1. The number of amides is 1. The molecular formula is C9H10ClNO4. The molecule has 1 heterocycles. The van der Waals surface area contributed by atoms with Crippen molar-refractivity contribution in [2.45, 2.75) is 5.38 Å². The molecule has 5 nitrogen and oxygen atoms in total. The standard InChI is InChI=1S/C9H10ClNO4/c1-14-9(13)7(10)4-11-8(12)6-2-3-15-5-6/h2-3,5,7H,4H2,1H3,(H,11,12). The predicted molar refractivity (Wildman–Crippen MR) is 52.7 cm³/mol. The second-order valence-electron chi connectivity index (χ2n) is 2.71. The lowest BCUT2D eigenvalue weighted by Gasteiger charge is -2.07. The highest BCUT2D eigenvalue weighted by Gasteiger charge is 2.17. The number of nitrogens with one attached hydrogen (secondary N) is 1. The van der Waals surface area contributed by atoms with E-state index in [1.807, 2.05) is 0 Å². The monoisotopic (exact) mass is 231 g/mol. The lowest BCUT2D eigenvalue weighted by atomic mass is 10.3. The normalized spacial score (nSPS) is 11.9. The number of hydrogen-bond acceptors (Lipinski definition) is 4. The summed E-state index contributed by atoms with van der Waals surface area (Å²) in [5.74, 6) is -0.928. The number of rotatable bonds is 4. The molecule has 6 heteroatoms. The molecule has 1 rings (SSSR count). The van der Waals surface area contributed by atoms with Crippen LogP contribution in [0.3, 0.4) is 0 Å². The van der Waals surface area contributed by atoms with Gasteiger partial charge in [-0.05, 0) is 6.07 Å². The molecule has 0 radical (unpaired) electrons. The molecule has 0 saturated carbocycles. The molecule has 1 aromatic heterocycles. The molecule has 82 valence electrons. The summed E-state index contributed by atoms with van der Waals surface area (Å²) in [5.41, 5.74) is 0.378. The van der Waals surface area contributed by atoms with Crippen LogP contribution in [0.4, 0.5) is 0 Å². The third-order valence-corrected chi connectivity index (χ3v) is 2.01. The minimum atomic E-state index is -0.883. The quantitative estimate of drug-likeness (QED) is 0.615. The summed E-state index contributed by atoms with van der Waals surface area (Å²) >= 11 is 5.62. The van der Waals surface area contributed by atoms with E-state index in [0.717, 1.165) is 0 Å². The SMILES string of the molecule is COC(=O)C(Cl)CNC(=O)c1ccoc1. The third kappa shape index (κ3) is 3.28. The Hall–Kier alpha value is -1.49. The van der Waals surface area contributed by atoms with Crippen LogP contribution in [-0.4, -0.2) is 30.9 Å². The molecule has 0 aliphatic rings. The van der Waals surface area contributed by atoms with Crippen LogP contribution in [0.25, 0.3) is 0 Å². The van der Waals surface area contributed by atoms with E-state index in [4.69, 9.17) is 16.0 Å². The van der Waals surface area contributed by atoms with E-state index in [1.165, 1.54) is 25.7 Å². The molecular weight excluding hydrogens is 222 g/mol. The van der Waals surface area contributed by atoms with Gasteiger partial charge in [-0.3, -0.25) is 9.59 Å². The van der Waals surface area contributed by atoms with Gasteiger partial charge in [0.1, 0.15) is 11.6 Å². The number of carbonyl (C=O) groups excluding carboxylic acids is 2. The summed E-state index contributed by atoms with van der Waals surface area (Å²) in [4.78, 5) is 22.2. The van der Waals surface area contributed by atoms with E-state index >= 15 is 0 Å². The summed E-state index contributed by atoms with van der Waals surface area (Å²) in [6.45, 7) is 0.0121. The molecule has 1 amide bonds. The van der Waals surface area contributed by atoms with Crippen LogP contribution >= 0.6 is 11.6 Å². The molecule has 0 fully saturated rings. The van der Waals surface area contributed by atoms with Gasteiger partial charge in [0, 0.05) is 6.54 Å². The van der Waals surface area contributed by atoms with Crippen LogP contribution in [0.15, 0.2) is 23.0 Å². The summed E-state index contributed by atoms with van der Waals surface area (Å²) in [7, 11) is 1.23. The van der Waals surface area contributed by atoms with Gasteiger partial charge in [0.2, 0.25) is 0 Å². The Balaban J connectivity index is 2.38. The van der Waals surface area contributed by atoms with E-state index in [9.17, 15) is 9.59 Å². The maximum absolute atomic E-state index is 11.3. The summed E-state index contributed by atoms with van der Waals surface area (Å²) in [5, 5.41) is 1.58. The fourth-order valence-corrected chi connectivity index (χ4v) is 1.06. The number of methoxy groups -OCH3 is 1. The maximum Gasteiger partial charge on any atom is 0.325 e. The van der Waals surface area contributed by atoms with Gasteiger partial charge in [0.25, 0.3) is 5.91 Å². The van der Waals surface area contributed by atoms with Crippen LogP contribution in [0, 0.1) is 0 Å². The van der Waals surface area contributed by atoms with Crippen LogP contribution in [0.5, 0.6) is 0 Å². The van der Waals surface area contributed by atoms with E-state index < -0.39 is 11.3 Å². The molecule has 1 atom stereocenters. The van der Waals surface area contributed by atoms with Gasteiger partial charge in [-0.15, -0.1) is 11.6 Å². The first-order valence-electron chi connectivity index (χ1n) is 4.17. The van der Waals surface area contributed by atoms with E-state index in [1.54, 1.807) is 0 Å². The second-order valence-corrected chi connectivity index (χ2v) is 3.24. The minimum absolute atomic E-state index is 0.0121. The van der Waals surface area contributed by atoms with Crippen LogP contribution in [0.1, 0.15) is 10.4 Å². The number of halogens is 1. The highest BCUT2D eigenvalue weighted by atomic mass is 35.5. The number of hydrogen-bond donors (Lipinski definition) is 1. The average Bonchev–Trinajstić information content (AvgIpc) is 2.77. The van der Waals surface area contributed by atoms with E-state index in [2.05, 4.69) is 10.1 Å². The van der Waals surface area contributed by atoms with Crippen molar-refractivity contribution in [3.05, 3.63) is 24.2 Å². The smallest absolute Gasteiger partial charge is 0.325 e. The highest BCUT2D eigenvalue weighted by molar-refractivity contribution is 6.30. The summed E-state index contributed by atoms with van der Waals surface area (Å²) < 4.78 is 9.12. The van der Waals surface area contributed by atoms with E-state index in [-0.39, 0.29) is 12.5 Å². The van der Waals surface area contributed by atoms with Crippen molar-refractivity contribution in [1.82, 2.24) is 5.32 Å². The van der Waals surface area contributed by atoms with Gasteiger partial charge in [0.05, 0.1) is 18.9 Å². The molecule has 0 aliphatic carbocycles. The largest absolute Gasteiger partial charge is 0.472 e. The maximum atomic E-state index is 11.3. The Morgan fingerprint density at radius 2 is 2.40 bits per heavy atom. The summed E-state index contributed by atoms with van der Waals surface area (Å²) in [6, 6.07) is 1.51. The van der Waals surface area contributed by atoms with Crippen LogP contribution in [-0.2, 0) is 9.53 Å². The van der Waals surface area contributed by atoms with Gasteiger partial charge in [-0.1, -0.05) is 0 Å². The van der Waals surface area contributed by atoms with Gasteiger partial charge in [-0.25, -0.2) is 0 Å². The summed E-state index contributed by atoms with van der Waals surface area (Å²) in [6.07, 6.45) is 2.68. The van der Waals surface area contributed by atoms with Crippen molar-refractivity contribution in [2.24, 2.45) is 0 Å². The van der Waals surface area contributed by atoms with Gasteiger partial charge in [0.15, 0.2) is 0 Å². The molecule has 15 heavy (non-hydrogen) atoms. The Labute approximate surface area is 91.3 Å². The lowest BCUT2D eigenvalue weighted by molar-refractivity contribution is -0.140. The third-order valence-electron chi connectivity index (χ3n) is 1.68. The molecule has 1 N–H and O–H groups in total. The van der Waals surface area contributed by atoms with Crippen LogP contribution < -0.4 is 5.32 Å². The van der Waals surface area contributed by atoms with Crippen molar-refractivity contribution in [1.29, 1.82) is 0 Å². The zero-order chi connectivity index (χ0) is 11.3. The Morgan fingerprint density at radius 1 is 1.67 bits per heavy atom. The number of ether oxygens (including phenoxy) is 1.